The van der Waals surface area contributed by atoms with Crippen LogP contribution in [0.15, 0.2) is 28.7 Å². The van der Waals surface area contributed by atoms with Gasteiger partial charge in [0.15, 0.2) is 12.7 Å². The summed E-state index contributed by atoms with van der Waals surface area (Å²) >= 11 is 3.31. The van der Waals surface area contributed by atoms with Crippen LogP contribution in [0.5, 0.6) is 5.75 Å². The lowest BCUT2D eigenvalue weighted by molar-refractivity contribution is -0.157. The Morgan fingerprint density at radius 1 is 1.28 bits per heavy atom. The molecule has 8 heteroatoms. The van der Waals surface area contributed by atoms with Crippen LogP contribution >= 0.6 is 15.9 Å². The van der Waals surface area contributed by atoms with Gasteiger partial charge in [0, 0.05) is 17.6 Å². The van der Waals surface area contributed by atoms with E-state index in [-0.39, 0.29) is 18.5 Å². The molecule has 136 valence electrons. The quantitative estimate of drug-likeness (QED) is 0.653. The van der Waals surface area contributed by atoms with E-state index in [1.54, 1.807) is 31.2 Å². The number of nitrogens with one attached hydrogen (secondary N) is 1. The first-order valence-corrected chi connectivity index (χ1v) is 8.76. The van der Waals surface area contributed by atoms with Gasteiger partial charge in [-0.05, 0) is 44.0 Å². The second-order valence-corrected chi connectivity index (χ2v) is 6.83. The number of carbonyl (C=O) groups excluding carboxylic acids is 3. The Balaban J connectivity index is 1.70. The van der Waals surface area contributed by atoms with E-state index < -0.39 is 24.6 Å². The number of esters is 1. The fourth-order valence-electron chi connectivity index (χ4n) is 1.93. The summed E-state index contributed by atoms with van der Waals surface area (Å²) in [6.07, 6.45) is 1.12. The van der Waals surface area contributed by atoms with Crippen LogP contribution < -0.4 is 10.1 Å². The fourth-order valence-corrected chi connectivity index (χ4v) is 2.19. The summed E-state index contributed by atoms with van der Waals surface area (Å²) in [6, 6.07) is 7.25. The van der Waals surface area contributed by atoms with Gasteiger partial charge < -0.3 is 19.7 Å². The second kappa shape index (κ2) is 8.84. The molecule has 1 aromatic rings. The van der Waals surface area contributed by atoms with Gasteiger partial charge in [-0.2, -0.15) is 0 Å². The number of hydrogen-bond acceptors (Lipinski definition) is 5. The van der Waals surface area contributed by atoms with Crippen LogP contribution in [-0.4, -0.2) is 55.0 Å². The summed E-state index contributed by atoms with van der Waals surface area (Å²) < 4.78 is 11.3. The van der Waals surface area contributed by atoms with E-state index in [1.807, 2.05) is 0 Å². The van der Waals surface area contributed by atoms with Gasteiger partial charge in [-0.15, -0.1) is 0 Å². The number of halogens is 1. The Morgan fingerprint density at radius 3 is 2.52 bits per heavy atom. The van der Waals surface area contributed by atoms with Crippen molar-refractivity contribution < 1.29 is 23.9 Å². The maximum atomic E-state index is 11.9. The SMILES string of the molecule is C[C@H](Oc1ccc(Br)cc1)C(=O)OCC(=O)N(C)CC(=O)NC1CC1. The van der Waals surface area contributed by atoms with Crippen molar-refractivity contribution in [2.75, 3.05) is 20.2 Å². The number of ether oxygens (including phenoxy) is 2. The molecule has 0 bridgehead atoms. The van der Waals surface area contributed by atoms with Crippen LogP contribution in [0.2, 0.25) is 0 Å². The molecule has 0 heterocycles. The molecule has 1 aliphatic carbocycles. The Kier molecular flexibility index (Phi) is 6.81. The summed E-state index contributed by atoms with van der Waals surface area (Å²) in [4.78, 5) is 36.7. The highest BCUT2D eigenvalue weighted by atomic mass is 79.9. The number of amides is 2. The smallest absolute Gasteiger partial charge is 0.347 e. The van der Waals surface area contributed by atoms with Crippen molar-refractivity contribution >= 4 is 33.7 Å². The van der Waals surface area contributed by atoms with Crippen LogP contribution in [0.3, 0.4) is 0 Å². The predicted octanol–water partition coefficient (Wildman–Crippen LogP) is 1.50. The van der Waals surface area contributed by atoms with Crippen molar-refractivity contribution in [2.45, 2.75) is 31.9 Å². The molecule has 1 fully saturated rings. The highest BCUT2D eigenvalue weighted by molar-refractivity contribution is 9.10. The van der Waals surface area contributed by atoms with Gasteiger partial charge in [0.05, 0.1) is 6.54 Å². The molecule has 1 saturated carbocycles. The number of nitrogens with zero attached hydrogens (tertiary/aromatic N) is 1. The first-order valence-electron chi connectivity index (χ1n) is 7.97. The van der Waals surface area contributed by atoms with Crippen molar-refractivity contribution in [3.63, 3.8) is 0 Å². The molecule has 1 aromatic carbocycles. The van der Waals surface area contributed by atoms with E-state index in [4.69, 9.17) is 9.47 Å². The Hall–Kier alpha value is -2.09. The van der Waals surface area contributed by atoms with Crippen molar-refractivity contribution in [3.05, 3.63) is 28.7 Å². The number of carbonyl (C=O) groups is 3. The van der Waals surface area contributed by atoms with Gasteiger partial charge in [0.2, 0.25) is 5.91 Å². The molecule has 2 rings (SSSR count). The minimum absolute atomic E-state index is 0.0577. The minimum Gasteiger partial charge on any atom is -0.479 e. The average Bonchev–Trinajstić information content (AvgIpc) is 3.37. The van der Waals surface area contributed by atoms with Crippen molar-refractivity contribution in [2.24, 2.45) is 0 Å². The molecule has 25 heavy (non-hydrogen) atoms. The summed E-state index contributed by atoms with van der Waals surface area (Å²) in [5.74, 6) is -0.785. The molecular weight excluding hydrogens is 392 g/mol. The van der Waals surface area contributed by atoms with Crippen molar-refractivity contribution in [1.29, 1.82) is 0 Å². The van der Waals surface area contributed by atoms with Crippen LogP contribution in [-0.2, 0) is 19.1 Å². The third kappa shape index (κ3) is 6.74. The summed E-state index contributed by atoms with van der Waals surface area (Å²) in [5.41, 5.74) is 0. The molecule has 2 amide bonds. The Morgan fingerprint density at radius 2 is 1.92 bits per heavy atom. The monoisotopic (exact) mass is 412 g/mol. The maximum absolute atomic E-state index is 11.9. The molecule has 0 aliphatic heterocycles. The van der Waals surface area contributed by atoms with Gasteiger partial charge >= 0.3 is 5.97 Å². The minimum atomic E-state index is -0.850. The molecule has 0 unspecified atom stereocenters. The zero-order valence-corrected chi connectivity index (χ0v) is 15.7. The van der Waals surface area contributed by atoms with E-state index in [0.717, 1.165) is 17.3 Å². The lowest BCUT2D eigenvalue weighted by Crippen LogP contribution is -2.41. The number of hydrogen-bond donors (Lipinski definition) is 1. The lowest BCUT2D eigenvalue weighted by atomic mass is 10.3. The standard InChI is InChI=1S/C17H21BrN2O5/c1-11(25-14-7-3-12(18)4-8-14)17(23)24-10-16(22)20(2)9-15(21)19-13-5-6-13/h3-4,7-8,11,13H,5-6,9-10H2,1-2H3,(H,19,21)/t11-/m0/s1. The molecular formula is C17H21BrN2O5. The van der Waals surface area contributed by atoms with E-state index in [9.17, 15) is 14.4 Å². The van der Waals surface area contributed by atoms with Crippen LogP contribution in [0.1, 0.15) is 19.8 Å². The molecule has 0 radical (unpaired) electrons. The van der Waals surface area contributed by atoms with Crippen LogP contribution in [0.25, 0.3) is 0 Å². The maximum Gasteiger partial charge on any atom is 0.347 e. The van der Waals surface area contributed by atoms with Crippen LogP contribution in [0.4, 0.5) is 0 Å². The molecule has 1 atom stereocenters. The van der Waals surface area contributed by atoms with E-state index in [0.29, 0.717) is 5.75 Å². The zero-order valence-electron chi connectivity index (χ0n) is 14.2. The van der Waals surface area contributed by atoms with Gasteiger partial charge in [0.1, 0.15) is 5.75 Å². The average molecular weight is 413 g/mol. The lowest BCUT2D eigenvalue weighted by Gasteiger charge is -2.18. The normalized spacial score (nSPS) is 14.4. The molecule has 0 aromatic heterocycles. The fraction of sp³-hybridized carbons (Fsp3) is 0.471. The van der Waals surface area contributed by atoms with Crippen molar-refractivity contribution in [3.8, 4) is 5.75 Å². The number of benzene rings is 1. The first kappa shape index (κ1) is 19.2. The number of rotatable bonds is 8. The van der Waals surface area contributed by atoms with Gasteiger partial charge in [-0.3, -0.25) is 9.59 Å². The van der Waals surface area contributed by atoms with Crippen molar-refractivity contribution in [1.82, 2.24) is 10.2 Å². The van der Waals surface area contributed by atoms with Gasteiger partial charge in [0.25, 0.3) is 5.91 Å². The van der Waals surface area contributed by atoms with Gasteiger partial charge in [-0.1, -0.05) is 15.9 Å². The highest BCUT2D eigenvalue weighted by Crippen LogP contribution is 2.18. The topological polar surface area (TPSA) is 84.9 Å². The molecule has 0 saturated heterocycles. The summed E-state index contributed by atoms with van der Waals surface area (Å²) in [7, 11) is 1.49. The summed E-state index contributed by atoms with van der Waals surface area (Å²) in [5, 5.41) is 2.79. The largest absolute Gasteiger partial charge is 0.479 e. The van der Waals surface area contributed by atoms with E-state index >= 15 is 0 Å². The number of likely N-dealkylation sites (N-methyl/N-ethyl adjacent to an activating group) is 1. The van der Waals surface area contributed by atoms with E-state index in [2.05, 4.69) is 21.2 Å². The first-order chi connectivity index (χ1) is 11.8. The molecule has 7 nitrogen and oxygen atoms in total. The highest BCUT2D eigenvalue weighted by Gasteiger charge is 2.25. The van der Waals surface area contributed by atoms with E-state index in [1.165, 1.54) is 11.9 Å². The Bertz CT molecular complexity index is 630. The third-order valence-corrected chi connectivity index (χ3v) is 4.07. The predicted molar refractivity (Wildman–Crippen MR) is 94.0 cm³/mol. The molecule has 0 spiro atoms. The third-order valence-electron chi connectivity index (χ3n) is 3.55. The van der Waals surface area contributed by atoms with Gasteiger partial charge in [-0.25, -0.2) is 4.79 Å². The Labute approximate surface area is 154 Å². The molecule has 1 N–H and O–H groups in total. The molecule has 1 aliphatic rings. The zero-order chi connectivity index (χ0) is 18.4. The second-order valence-electron chi connectivity index (χ2n) is 5.91. The van der Waals surface area contributed by atoms with Crippen LogP contribution in [0, 0.1) is 0 Å². The summed E-state index contributed by atoms with van der Waals surface area (Å²) in [6.45, 7) is 1.06.